The Morgan fingerprint density at radius 1 is 1.40 bits per heavy atom. The Kier molecular flexibility index (Phi) is 3.90. The van der Waals surface area contributed by atoms with Crippen LogP contribution in [0.2, 0.25) is 0 Å². The number of imide groups is 2. The van der Waals surface area contributed by atoms with Crippen LogP contribution in [0.25, 0.3) is 0 Å². The number of carbonyl (C=O) groups excluding carboxylic acids is 3. The maximum atomic E-state index is 12.3. The highest BCUT2D eigenvalue weighted by atomic mass is 35.5. The molecule has 1 N–H and O–H groups in total. The first-order chi connectivity index (χ1) is 9.40. The van der Waals surface area contributed by atoms with Gasteiger partial charge in [0.25, 0.3) is 0 Å². The minimum atomic E-state index is -1.04. The highest BCUT2D eigenvalue weighted by Crippen LogP contribution is 2.24. The standard InChI is InChI=1S/C14H13ClN2O3/c1-8-4-3-5-10(6-8)11-12(18)16-14(20)17(13(11)19)7-9(2)15/h3-6,11H,2,7H2,1H3,(H,16,18,20). The summed E-state index contributed by atoms with van der Waals surface area (Å²) in [6.07, 6.45) is 0. The third kappa shape index (κ3) is 2.72. The first-order valence-electron chi connectivity index (χ1n) is 5.96. The van der Waals surface area contributed by atoms with E-state index in [-0.39, 0.29) is 11.6 Å². The normalized spacial score (nSPS) is 19.0. The highest BCUT2D eigenvalue weighted by Gasteiger charge is 2.41. The quantitative estimate of drug-likeness (QED) is 0.866. The molecule has 0 radical (unpaired) electrons. The molecule has 0 aromatic heterocycles. The second kappa shape index (κ2) is 5.46. The van der Waals surface area contributed by atoms with Gasteiger partial charge in [-0.15, -0.1) is 0 Å². The number of hydrogen-bond donors (Lipinski definition) is 1. The molecule has 1 fully saturated rings. The fraction of sp³-hybridized carbons (Fsp3) is 0.214. The molecular weight excluding hydrogens is 280 g/mol. The number of benzene rings is 1. The van der Waals surface area contributed by atoms with Crippen LogP contribution < -0.4 is 5.32 Å². The van der Waals surface area contributed by atoms with Crippen LogP contribution in [0.5, 0.6) is 0 Å². The Morgan fingerprint density at radius 2 is 2.10 bits per heavy atom. The van der Waals surface area contributed by atoms with Crippen LogP contribution >= 0.6 is 11.6 Å². The third-order valence-electron chi connectivity index (χ3n) is 2.96. The fourth-order valence-corrected chi connectivity index (χ4v) is 2.20. The summed E-state index contributed by atoms with van der Waals surface area (Å²) < 4.78 is 0. The number of urea groups is 1. The number of nitrogens with zero attached hydrogens (tertiary/aromatic N) is 1. The van der Waals surface area contributed by atoms with Crippen LogP contribution in [0.15, 0.2) is 35.9 Å². The maximum Gasteiger partial charge on any atom is 0.331 e. The molecule has 2 rings (SSSR count). The van der Waals surface area contributed by atoms with Crippen LogP contribution in [0, 0.1) is 6.92 Å². The number of rotatable bonds is 3. The molecule has 1 heterocycles. The van der Waals surface area contributed by atoms with Gasteiger partial charge in [0, 0.05) is 5.03 Å². The zero-order valence-corrected chi connectivity index (χ0v) is 11.6. The number of nitrogens with one attached hydrogen (secondary N) is 1. The molecule has 1 aliphatic heterocycles. The van der Waals surface area contributed by atoms with Gasteiger partial charge in [0.15, 0.2) is 0 Å². The molecule has 1 unspecified atom stereocenters. The van der Waals surface area contributed by atoms with Gasteiger partial charge in [-0.05, 0) is 12.5 Å². The van der Waals surface area contributed by atoms with Gasteiger partial charge in [-0.3, -0.25) is 19.8 Å². The minimum Gasteiger partial charge on any atom is -0.277 e. The van der Waals surface area contributed by atoms with E-state index in [2.05, 4.69) is 11.9 Å². The second-order valence-corrected chi connectivity index (χ2v) is 5.12. The Balaban J connectivity index is 2.37. The number of aryl methyl sites for hydroxylation is 1. The smallest absolute Gasteiger partial charge is 0.277 e. The van der Waals surface area contributed by atoms with E-state index in [0.717, 1.165) is 10.5 Å². The Hall–Kier alpha value is -2.14. The molecule has 0 bridgehead atoms. The number of carbonyl (C=O) groups is 3. The maximum absolute atomic E-state index is 12.3. The first kappa shape index (κ1) is 14.3. The van der Waals surface area contributed by atoms with Gasteiger partial charge >= 0.3 is 6.03 Å². The average molecular weight is 293 g/mol. The van der Waals surface area contributed by atoms with E-state index in [1.807, 2.05) is 13.0 Å². The molecular formula is C14H13ClN2O3. The van der Waals surface area contributed by atoms with Crippen molar-refractivity contribution in [2.24, 2.45) is 0 Å². The van der Waals surface area contributed by atoms with E-state index in [4.69, 9.17) is 11.6 Å². The highest BCUT2D eigenvalue weighted by molar-refractivity contribution is 6.30. The van der Waals surface area contributed by atoms with E-state index >= 15 is 0 Å². The summed E-state index contributed by atoms with van der Waals surface area (Å²) in [6, 6.07) is 6.26. The molecule has 1 aromatic rings. The largest absolute Gasteiger partial charge is 0.331 e. The third-order valence-corrected chi connectivity index (χ3v) is 3.08. The first-order valence-corrected chi connectivity index (χ1v) is 6.34. The number of halogens is 1. The Bertz CT molecular complexity index is 612. The molecule has 5 nitrogen and oxygen atoms in total. The SMILES string of the molecule is C=C(Cl)CN1C(=O)NC(=O)C(c2cccc(C)c2)C1=O. The van der Waals surface area contributed by atoms with Crippen molar-refractivity contribution >= 4 is 29.4 Å². The summed E-state index contributed by atoms with van der Waals surface area (Å²) in [5.74, 6) is -2.25. The van der Waals surface area contributed by atoms with E-state index in [1.54, 1.807) is 18.2 Å². The van der Waals surface area contributed by atoms with Crippen molar-refractivity contribution in [2.45, 2.75) is 12.8 Å². The second-order valence-electron chi connectivity index (χ2n) is 4.58. The Labute approximate surface area is 121 Å². The van der Waals surface area contributed by atoms with Gasteiger partial charge in [0.2, 0.25) is 11.8 Å². The lowest BCUT2D eigenvalue weighted by atomic mass is 9.94. The number of barbiturate groups is 1. The monoisotopic (exact) mass is 292 g/mol. The molecule has 104 valence electrons. The van der Waals surface area contributed by atoms with Gasteiger partial charge in [-0.2, -0.15) is 0 Å². The molecule has 0 spiro atoms. The van der Waals surface area contributed by atoms with Crippen LogP contribution in [0.3, 0.4) is 0 Å². The lowest BCUT2D eigenvalue weighted by molar-refractivity contribution is -0.138. The van der Waals surface area contributed by atoms with Crippen molar-refractivity contribution < 1.29 is 14.4 Å². The average Bonchev–Trinajstić information content (AvgIpc) is 2.34. The summed E-state index contributed by atoms with van der Waals surface area (Å²) in [7, 11) is 0. The summed E-state index contributed by atoms with van der Waals surface area (Å²) in [5, 5.41) is 2.30. The molecule has 1 saturated heterocycles. The lowest BCUT2D eigenvalue weighted by Gasteiger charge is -2.30. The van der Waals surface area contributed by atoms with E-state index < -0.39 is 23.8 Å². The minimum absolute atomic E-state index is 0.123. The summed E-state index contributed by atoms with van der Waals surface area (Å²) in [6.45, 7) is 5.19. The van der Waals surface area contributed by atoms with Gasteiger partial charge < -0.3 is 0 Å². The molecule has 1 aromatic carbocycles. The predicted molar refractivity (Wildman–Crippen MR) is 74.2 cm³/mol. The molecule has 20 heavy (non-hydrogen) atoms. The van der Waals surface area contributed by atoms with E-state index in [9.17, 15) is 14.4 Å². The summed E-state index contributed by atoms with van der Waals surface area (Å²) >= 11 is 5.64. The van der Waals surface area contributed by atoms with Gasteiger partial charge in [0.05, 0.1) is 6.54 Å². The Morgan fingerprint density at radius 3 is 2.70 bits per heavy atom. The van der Waals surface area contributed by atoms with Gasteiger partial charge in [-0.25, -0.2) is 4.79 Å². The fourth-order valence-electron chi connectivity index (χ4n) is 2.08. The zero-order chi connectivity index (χ0) is 14.9. The van der Waals surface area contributed by atoms with Crippen molar-refractivity contribution in [3.63, 3.8) is 0 Å². The van der Waals surface area contributed by atoms with E-state index in [0.29, 0.717) is 5.56 Å². The molecule has 1 atom stereocenters. The summed E-state index contributed by atoms with van der Waals surface area (Å²) in [5.41, 5.74) is 1.47. The molecule has 0 aliphatic carbocycles. The van der Waals surface area contributed by atoms with Gasteiger partial charge in [-0.1, -0.05) is 48.0 Å². The summed E-state index contributed by atoms with van der Waals surface area (Å²) in [4.78, 5) is 36.8. The van der Waals surface area contributed by atoms with Crippen LogP contribution in [-0.2, 0) is 9.59 Å². The molecule has 1 aliphatic rings. The predicted octanol–water partition coefficient (Wildman–Crippen LogP) is 1.91. The lowest BCUT2D eigenvalue weighted by Crippen LogP contribution is -2.57. The van der Waals surface area contributed by atoms with Crippen molar-refractivity contribution in [1.29, 1.82) is 0 Å². The molecule has 6 heteroatoms. The van der Waals surface area contributed by atoms with Crippen LogP contribution in [0.4, 0.5) is 4.79 Å². The molecule has 4 amide bonds. The van der Waals surface area contributed by atoms with Gasteiger partial charge in [0.1, 0.15) is 5.92 Å². The van der Waals surface area contributed by atoms with Crippen molar-refractivity contribution in [2.75, 3.05) is 6.54 Å². The number of amides is 4. The topological polar surface area (TPSA) is 66.5 Å². The van der Waals surface area contributed by atoms with E-state index in [1.165, 1.54) is 0 Å². The number of hydrogen-bond acceptors (Lipinski definition) is 3. The van der Waals surface area contributed by atoms with Crippen LogP contribution in [0.1, 0.15) is 17.0 Å². The van der Waals surface area contributed by atoms with Crippen molar-refractivity contribution in [3.8, 4) is 0 Å². The van der Waals surface area contributed by atoms with Crippen LogP contribution in [-0.4, -0.2) is 29.3 Å². The zero-order valence-electron chi connectivity index (χ0n) is 10.9. The van der Waals surface area contributed by atoms with Crippen molar-refractivity contribution in [3.05, 3.63) is 47.0 Å². The molecule has 0 saturated carbocycles. The van der Waals surface area contributed by atoms with Crippen molar-refractivity contribution in [1.82, 2.24) is 10.2 Å².